The second-order valence-electron chi connectivity index (χ2n) is 27.3. The van der Waals surface area contributed by atoms with Crippen LogP contribution in [0.4, 0.5) is 0 Å². The van der Waals surface area contributed by atoms with E-state index in [1.54, 1.807) is 0 Å². The molecule has 404 valence electrons. The van der Waals surface area contributed by atoms with Gasteiger partial charge in [-0.15, -0.1) is 4.68 Å². The Morgan fingerprint density at radius 2 is 1.12 bits per heavy atom. The van der Waals surface area contributed by atoms with Crippen LogP contribution in [0, 0.1) is 80.8 Å². The molecular weight excluding hydrogens is 929 g/mol. The van der Waals surface area contributed by atoms with Gasteiger partial charge in [-0.25, -0.2) is 0 Å². The van der Waals surface area contributed by atoms with Gasteiger partial charge < -0.3 is 20.4 Å². The van der Waals surface area contributed by atoms with Gasteiger partial charge in [0.05, 0.1) is 11.9 Å². The van der Waals surface area contributed by atoms with Crippen LogP contribution in [0.3, 0.4) is 0 Å². The first kappa shape index (κ1) is 52.5. The van der Waals surface area contributed by atoms with Crippen LogP contribution in [0.5, 0.6) is 0 Å². The first-order valence-corrected chi connectivity index (χ1v) is 29.6. The van der Waals surface area contributed by atoms with Crippen molar-refractivity contribution in [3.8, 4) is 0 Å². The maximum Gasteiger partial charge on any atom is 0.199 e. The predicted octanol–water partition coefficient (Wildman–Crippen LogP) is 8.93. The van der Waals surface area contributed by atoms with E-state index in [2.05, 4.69) is 60.5 Å². The Kier molecular flexibility index (Phi) is 13.5. The second-order valence-corrected chi connectivity index (χ2v) is 27.3. The van der Waals surface area contributed by atoms with E-state index >= 15 is 0 Å². The number of nitrogens with zero attached hydrogens (tertiary/aromatic N) is 3. The maximum absolute atomic E-state index is 13.9. The lowest BCUT2D eigenvalue weighted by Gasteiger charge is -2.57. The molecule has 2 heterocycles. The van der Waals surface area contributed by atoms with E-state index in [-0.39, 0.29) is 70.7 Å². The standard InChI is InChI=1S/2C31H44N2O4/c1-4-19-5-7-20(8-6-19)17-33-25-13-22-9-10-23-24-11-12-31(37,27(36)18-34)30(24,3)15-26(35)28(23)29(22,2)14-21(25)16-32-33;1-4-19-5-7-20(8-6-19)16-33-17-21-14-29(2)22(13-25(21)32-33)9-10-23-24-11-12-31(37,27(36)18-34)30(24,3)15-26(35)28(23)29/h13,16,19-20,23-24,28,34,37H,4-12,14-15,17-18H2,1-3H3;13,17,19-20,23-24,28,34,37H,4-12,14-16,18H2,1-3H3/p+1/t2*19?,20?,23-,24-,28+,29-,30-,31-/m00/s1. The van der Waals surface area contributed by atoms with Crippen molar-refractivity contribution >= 4 is 35.3 Å². The van der Waals surface area contributed by atoms with Crippen molar-refractivity contribution in [1.29, 1.82) is 0 Å². The Labute approximate surface area is 440 Å². The number of allylic oxidation sites excluding steroid dienone is 2. The second kappa shape index (κ2) is 19.1. The minimum absolute atomic E-state index is 0.0713. The molecule has 0 amide bonds. The number of H-pyrrole nitrogens is 1. The number of ketones is 4. The molecule has 12 nitrogen and oxygen atoms in total. The average molecular weight is 1020 g/mol. The number of nitrogens with one attached hydrogen (secondary N) is 1. The van der Waals surface area contributed by atoms with E-state index in [0.717, 1.165) is 82.2 Å². The minimum Gasteiger partial charge on any atom is -0.388 e. The monoisotopic (exact) mass is 1020 g/mol. The fraction of sp³-hybridized carbons (Fsp3) is 0.774. The van der Waals surface area contributed by atoms with Gasteiger partial charge in [0.15, 0.2) is 24.3 Å². The molecule has 12 atom stereocenters. The molecule has 0 bridgehead atoms. The third kappa shape index (κ3) is 7.98. The molecule has 74 heavy (non-hydrogen) atoms. The molecule has 5 N–H and O–H groups in total. The molecule has 8 fully saturated rings. The van der Waals surface area contributed by atoms with Crippen molar-refractivity contribution in [3.63, 3.8) is 0 Å². The summed E-state index contributed by atoms with van der Waals surface area (Å²) in [6, 6.07) is 0. The normalized spacial score (nSPS) is 42.9. The van der Waals surface area contributed by atoms with Gasteiger partial charge in [-0.2, -0.15) is 10.2 Å². The molecule has 0 saturated heterocycles. The average Bonchev–Trinajstić information content (AvgIpc) is 4.11. The number of hydrogen-bond acceptors (Lipinski definition) is 9. The quantitative estimate of drug-likeness (QED) is 0.145. The first-order chi connectivity index (χ1) is 35.3. The molecule has 0 aromatic carbocycles. The lowest BCUT2D eigenvalue weighted by Crippen LogP contribution is -2.61. The van der Waals surface area contributed by atoms with Gasteiger partial charge in [0.1, 0.15) is 41.7 Å². The topological polar surface area (TPSA) is 187 Å². The summed E-state index contributed by atoms with van der Waals surface area (Å²) in [6.07, 6.45) is 30.4. The van der Waals surface area contributed by atoms with Crippen LogP contribution < -0.4 is 4.68 Å². The lowest BCUT2D eigenvalue weighted by molar-refractivity contribution is -0.756. The van der Waals surface area contributed by atoms with Gasteiger partial charge in [-0.1, -0.05) is 78.4 Å². The highest BCUT2D eigenvalue weighted by molar-refractivity contribution is 5.94. The largest absolute Gasteiger partial charge is 0.388 e. The van der Waals surface area contributed by atoms with E-state index in [1.807, 2.05) is 20.0 Å². The Hall–Kier alpha value is -3.58. The van der Waals surface area contributed by atoms with Crippen LogP contribution >= 0.6 is 0 Å². The molecule has 2 aromatic rings. The van der Waals surface area contributed by atoms with E-state index in [4.69, 9.17) is 5.10 Å². The van der Waals surface area contributed by atoms with Gasteiger partial charge in [0.25, 0.3) is 0 Å². The highest BCUT2D eigenvalue weighted by atomic mass is 16.3. The lowest BCUT2D eigenvalue weighted by atomic mass is 9.46. The number of aliphatic hydroxyl groups excluding tert-OH is 2. The van der Waals surface area contributed by atoms with E-state index in [0.29, 0.717) is 18.8 Å². The Bertz CT molecular complexity index is 2610. The number of aromatic amines is 1. The molecule has 0 unspecified atom stereocenters. The van der Waals surface area contributed by atoms with E-state index in [1.165, 1.54) is 97.9 Å². The SMILES string of the molecule is CCC1CCC(C[n+]2cc3c([nH]2)C=C2CC[C@@H]4[C@H](C(=O)C[C@@]5(C)[C@H]4CC[C@]5(O)C(=O)CO)[C@@]2(C)C3)CC1.CCC1CCC(Cn2ncc3c2C=C2CC[C@@H]4[C@H](C(=O)C[C@@]5(C)[C@H]4CC[C@]5(O)C(=O)CO)[C@@]2(C)C3)CC1. The molecule has 2 aromatic heterocycles. The van der Waals surface area contributed by atoms with Crippen molar-refractivity contribution in [1.82, 2.24) is 14.9 Å². The number of Topliss-reactive ketones (excluding diaryl/α,β-unsaturated/α-hetero) is 4. The number of aromatic nitrogens is 4. The van der Waals surface area contributed by atoms with E-state index < -0.39 is 46.8 Å². The molecule has 8 saturated carbocycles. The highest BCUT2D eigenvalue weighted by Crippen LogP contribution is 2.68. The van der Waals surface area contributed by atoms with Gasteiger partial charge in [-0.3, -0.25) is 23.9 Å². The number of hydrogen-bond donors (Lipinski definition) is 5. The zero-order valence-electron chi connectivity index (χ0n) is 45.7. The van der Waals surface area contributed by atoms with Crippen molar-refractivity contribution < 1.29 is 44.3 Å². The summed E-state index contributed by atoms with van der Waals surface area (Å²) in [7, 11) is 0. The molecule has 0 aliphatic heterocycles. The van der Waals surface area contributed by atoms with Gasteiger partial charge in [0, 0.05) is 64.4 Å². The summed E-state index contributed by atoms with van der Waals surface area (Å²) in [6.45, 7) is 13.8. The summed E-state index contributed by atoms with van der Waals surface area (Å²) < 4.78 is 4.54. The number of fused-ring (bicyclic) bond motifs is 12. The van der Waals surface area contributed by atoms with Gasteiger partial charge >= 0.3 is 0 Å². The molecule has 12 rings (SSSR count). The van der Waals surface area contributed by atoms with Gasteiger partial charge in [0.2, 0.25) is 0 Å². The Morgan fingerprint density at radius 1 is 0.649 bits per heavy atom. The van der Waals surface area contributed by atoms with Gasteiger partial charge in [-0.05, 0) is 162 Å². The number of carbonyl (C=O) groups is 4. The number of carbonyl (C=O) groups excluding carboxylic acids is 4. The zero-order chi connectivity index (χ0) is 52.3. The van der Waals surface area contributed by atoms with Crippen LogP contribution in [0.25, 0.3) is 12.2 Å². The third-order valence-electron chi connectivity index (χ3n) is 24.0. The summed E-state index contributed by atoms with van der Waals surface area (Å²) in [5, 5.41) is 50.5. The predicted molar refractivity (Wildman–Crippen MR) is 282 cm³/mol. The fourth-order valence-electron chi connectivity index (χ4n) is 19.5. The van der Waals surface area contributed by atoms with Crippen LogP contribution in [-0.4, -0.2) is 82.9 Å². The molecule has 12 heteroatoms. The summed E-state index contributed by atoms with van der Waals surface area (Å²) in [5.41, 5.74) is 2.60. The number of aliphatic hydroxyl groups is 4. The Balaban J connectivity index is 0.000000159. The first-order valence-electron chi connectivity index (χ1n) is 29.6. The minimum atomic E-state index is -1.60. The zero-order valence-corrected chi connectivity index (χ0v) is 45.7. The van der Waals surface area contributed by atoms with Crippen molar-refractivity contribution in [2.24, 2.45) is 80.8 Å². The molecule has 0 radical (unpaired) electrons. The summed E-state index contributed by atoms with van der Waals surface area (Å²) in [5.74, 6) is 3.02. The smallest absolute Gasteiger partial charge is 0.199 e. The third-order valence-corrected chi connectivity index (χ3v) is 24.0. The highest BCUT2D eigenvalue weighted by Gasteiger charge is 2.70. The van der Waals surface area contributed by atoms with Crippen LogP contribution in [-0.2, 0) is 45.1 Å². The van der Waals surface area contributed by atoms with Crippen LogP contribution in [0.1, 0.15) is 192 Å². The summed E-state index contributed by atoms with van der Waals surface area (Å²) >= 11 is 0. The Morgan fingerprint density at radius 3 is 1.62 bits per heavy atom. The molecule has 0 spiro atoms. The van der Waals surface area contributed by atoms with E-state index in [9.17, 15) is 39.6 Å². The molecule has 10 aliphatic rings. The van der Waals surface area contributed by atoms with Crippen molar-refractivity contribution in [2.75, 3.05) is 13.2 Å². The molecular formula is C62H89N4O8+. The summed E-state index contributed by atoms with van der Waals surface area (Å²) in [4.78, 5) is 53.2. The number of rotatable bonds is 10. The molecule has 10 aliphatic carbocycles. The maximum atomic E-state index is 13.9. The van der Waals surface area contributed by atoms with Crippen molar-refractivity contribution in [3.05, 3.63) is 46.1 Å². The van der Waals surface area contributed by atoms with Crippen molar-refractivity contribution in [2.45, 2.75) is 207 Å². The fourth-order valence-corrected chi connectivity index (χ4v) is 19.5. The van der Waals surface area contributed by atoms with Crippen LogP contribution in [0.2, 0.25) is 0 Å². The van der Waals surface area contributed by atoms with Crippen LogP contribution in [0.15, 0.2) is 23.5 Å².